The van der Waals surface area contributed by atoms with E-state index in [0.717, 1.165) is 5.56 Å². The summed E-state index contributed by atoms with van der Waals surface area (Å²) in [6.45, 7) is 5.28. The summed E-state index contributed by atoms with van der Waals surface area (Å²) in [5, 5.41) is 8.58. The van der Waals surface area contributed by atoms with Crippen LogP contribution >= 0.6 is 0 Å². The summed E-state index contributed by atoms with van der Waals surface area (Å²) in [7, 11) is 0. The third-order valence-corrected chi connectivity index (χ3v) is 1.60. The van der Waals surface area contributed by atoms with Gasteiger partial charge in [0.15, 0.2) is 0 Å². The molecule has 0 aliphatic rings. The number of aryl methyl sites for hydroxylation is 1. The van der Waals surface area contributed by atoms with Crippen molar-refractivity contribution in [2.45, 2.75) is 6.92 Å². The number of hydrogen-bond donors (Lipinski definition) is 0. The van der Waals surface area contributed by atoms with Gasteiger partial charge in [-0.25, -0.2) is 4.39 Å². The number of rotatable bonds is 1. The third kappa shape index (κ3) is 1.35. The molecule has 1 aromatic rings. The smallest absolute Gasteiger partial charge is 0.141 e. The summed E-state index contributed by atoms with van der Waals surface area (Å²) in [6, 6.07) is 4.87. The first kappa shape index (κ1) is 8.48. The van der Waals surface area contributed by atoms with Gasteiger partial charge in [0.2, 0.25) is 0 Å². The average molecular weight is 161 g/mol. The highest BCUT2D eigenvalue weighted by Gasteiger charge is 2.05. The van der Waals surface area contributed by atoms with Gasteiger partial charge in [0.25, 0.3) is 0 Å². The fourth-order valence-electron chi connectivity index (χ4n) is 1.05. The fourth-order valence-corrected chi connectivity index (χ4v) is 1.05. The van der Waals surface area contributed by atoms with Crippen molar-refractivity contribution < 1.29 is 4.39 Å². The minimum atomic E-state index is -0.479. The number of nitrogens with zero attached hydrogens (tertiary/aromatic N) is 1. The van der Waals surface area contributed by atoms with E-state index in [9.17, 15) is 4.39 Å². The van der Waals surface area contributed by atoms with Crippen molar-refractivity contribution in [1.29, 1.82) is 5.26 Å². The van der Waals surface area contributed by atoms with Gasteiger partial charge < -0.3 is 0 Å². The maximum absolute atomic E-state index is 13.0. The molecular weight excluding hydrogens is 153 g/mol. The van der Waals surface area contributed by atoms with Crippen LogP contribution in [0.3, 0.4) is 0 Å². The zero-order valence-corrected chi connectivity index (χ0v) is 6.76. The van der Waals surface area contributed by atoms with Crippen LogP contribution in [0.15, 0.2) is 18.7 Å². The summed E-state index contributed by atoms with van der Waals surface area (Å²) < 4.78 is 13.0. The summed E-state index contributed by atoms with van der Waals surface area (Å²) in [4.78, 5) is 0. The molecule has 0 bridgehead atoms. The van der Waals surface area contributed by atoms with Crippen LogP contribution in [-0.4, -0.2) is 0 Å². The Balaban J connectivity index is 3.46. The monoisotopic (exact) mass is 161 g/mol. The lowest BCUT2D eigenvalue weighted by atomic mass is 10.0. The van der Waals surface area contributed by atoms with Gasteiger partial charge in [-0.05, 0) is 24.1 Å². The zero-order valence-electron chi connectivity index (χ0n) is 6.76. The third-order valence-electron chi connectivity index (χ3n) is 1.60. The van der Waals surface area contributed by atoms with E-state index >= 15 is 0 Å². The molecule has 0 fully saturated rings. The molecule has 2 heteroatoms. The van der Waals surface area contributed by atoms with Crippen LogP contribution in [0.5, 0.6) is 0 Å². The van der Waals surface area contributed by atoms with Crippen molar-refractivity contribution in [2.75, 3.05) is 0 Å². The van der Waals surface area contributed by atoms with Crippen LogP contribution in [0.1, 0.15) is 16.7 Å². The van der Waals surface area contributed by atoms with Gasteiger partial charge in [-0.3, -0.25) is 0 Å². The van der Waals surface area contributed by atoms with E-state index in [1.165, 1.54) is 12.1 Å². The van der Waals surface area contributed by atoms with E-state index in [4.69, 9.17) is 5.26 Å². The molecule has 0 aromatic heterocycles. The predicted molar refractivity (Wildman–Crippen MR) is 45.9 cm³/mol. The van der Waals surface area contributed by atoms with Crippen molar-refractivity contribution in [2.24, 2.45) is 0 Å². The van der Waals surface area contributed by atoms with Gasteiger partial charge in [0, 0.05) is 0 Å². The van der Waals surface area contributed by atoms with Crippen LogP contribution < -0.4 is 0 Å². The summed E-state index contributed by atoms with van der Waals surface area (Å²) in [6.07, 6.45) is 1.48. The first-order valence-electron chi connectivity index (χ1n) is 3.51. The molecule has 1 rings (SSSR count). The molecule has 0 spiro atoms. The molecule has 0 atom stereocenters. The molecule has 12 heavy (non-hydrogen) atoms. The molecule has 1 nitrogen and oxygen atoms in total. The van der Waals surface area contributed by atoms with Gasteiger partial charge in [-0.2, -0.15) is 5.26 Å². The van der Waals surface area contributed by atoms with E-state index in [2.05, 4.69) is 6.58 Å². The maximum Gasteiger partial charge on any atom is 0.141 e. The van der Waals surface area contributed by atoms with Crippen molar-refractivity contribution in [3.05, 3.63) is 41.2 Å². The Kier molecular flexibility index (Phi) is 2.25. The van der Waals surface area contributed by atoms with E-state index in [1.54, 1.807) is 19.1 Å². The van der Waals surface area contributed by atoms with Crippen molar-refractivity contribution in [1.82, 2.24) is 0 Å². The Morgan fingerprint density at radius 1 is 1.58 bits per heavy atom. The Labute approximate surface area is 70.8 Å². The first-order chi connectivity index (χ1) is 5.69. The molecule has 0 saturated heterocycles. The number of halogens is 1. The van der Waals surface area contributed by atoms with Gasteiger partial charge in [-0.1, -0.05) is 18.7 Å². The first-order valence-corrected chi connectivity index (χ1v) is 3.51. The van der Waals surface area contributed by atoms with Crippen molar-refractivity contribution in [3.8, 4) is 6.07 Å². The minimum Gasteiger partial charge on any atom is -0.206 e. The molecule has 0 amide bonds. The van der Waals surface area contributed by atoms with Crippen LogP contribution in [0.4, 0.5) is 4.39 Å². The van der Waals surface area contributed by atoms with E-state index in [0.29, 0.717) is 5.56 Å². The Hall–Kier alpha value is -1.62. The van der Waals surface area contributed by atoms with Crippen LogP contribution in [0.25, 0.3) is 6.08 Å². The lowest BCUT2D eigenvalue weighted by Crippen LogP contribution is -1.89. The lowest BCUT2D eigenvalue weighted by Gasteiger charge is -2.00. The van der Waals surface area contributed by atoms with Crippen LogP contribution in [0, 0.1) is 24.1 Å². The maximum atomic E-state index is 13.0. The Bertz CT molecular complexity index is 361. The highest BCUT2D eigenvalue weighted by atomic mass is 19.1. The van der Waals surface area contributed by atoms with Gasteiger partial charge in [0.1, 0.15) is 11.9 Å². The molecule has 0 N–H and O–H groups in total. The van der Waals surface area contributed by atoms with Crippen molar-refractivity contribution >= 4 is 6.08 Å². The molecule has 0 aliphatic carbocycles. The lowest BCUT2D eigenvalue weighted by molar-refractivity contribution is 0.622. The molecule has 0 aliphatic heterocycles. The molecular formula is C10H8FN. The van der Waals surface area contributed by atoms with E-state index in [-0.39, 0.29) is 5.56 Å². The molecule has 0 saturated carbocycles. The van der Waals surface area contributed by atoms with Gasteiger partial charge in [0.05, 0.1) is 5.56 Å². The number of benzene rings is 1. The number of hydrogen-bond acceptors (Lipinski definition) is 1. The minimum absolute atomic E-state index is 0.0654. The highest BCUT2D eigenvalue weighted by molar-refractivity contribution is 5.58. The molecule has 0 radical (unpaired) electrons. The van der Waals surface area contributed by atoms with Crippen molar-refractivity contribution in [3.63, 3.8) is 0 Å². The van der Waals surface area contributed by atoms with E-state index in [1.807, 2.05) is 0 Å². The zero-order chi connectivity index (χ0) is 9.14. The summed E-state index contributed by atoms with van der Waals surface area (Å²) in [5.74, 6) is -0.479. The topological polar surface area (TPSA) is 23.8 Å². The SMILES string of the molecule is C=Cc1cc(C)cc(F)c1C#N. The van der Waals surface area contributed by atoms with Crippen LogP contribution in [0.2, 0.25) is 0 Å². The quantitative estimate of drug-likeness (QED) is 0.621. The van der Waals surface area contributed by atoms with Gasteiger partial charge >= 0.3 is 0 Å². The Morgan fingerprint density at radius 2 is 2.25 bits per heavy atom. The second kappa shape index (κ2) is 3.19. The summed E-state index contributed by atoms with van der Waals surface area (Å²) in [5.41, 5.74) is 1.41. The Morgan fingerprint density at radius 3 is 2.75 bits per heavy atom. The summed E-state index contributed by atoms with van der Waals surface area (Å²) >= 11 is 0. The molecule has 0 unspecified atom stereocenters. The second-order valence-electron chi connectivity index (χ2n) is 2.53. The highest BCUT2D eigenvalue weighted by Crippen LogP contribution is 2.16. The predicted octanol–water partition coefficient (Wildman–Crippen LogP) is 2.65. The van der Waals surface area contributed by atoms with E-state index < -0.39 is 5.82 Å². The standard InChI is InChI=1S/C10H8FN/c1-3-8-4-7(2)5-10(11)9(8)6-12/h3-5H,1H2,2H3. The number of nitriles is 1. The van der Waals surface area contributed by atoms with Gasteiger partial charge in [-0.15, -0.1) is 0 Å². The average Bonchev–Trinajstić information content (AvgIpc) is 2.03. The molecule has 1 aromatic carbocycles. The molecule has 60 valence electrons. The van der Waals surface area contributed by atoms with Crippen LogP contribution in [-0.2, 0) is 0 Å². The fraction of sp³-hybridized carbons (Fsp3) is 0.100. The molecule has 0 heterocycles. The second-order valence-corrected chi connectivity index (χ2v) is 2.53. The largest absolute Gasteiger partial charge is 0.206 e. The normalized spacial score (nSPS) is 9.08.